The lowest BCUT2D eigenvalue weighted by Crippen LogP contribution is -2.49. The molecule has 0 radical (unpaired) electrons. The molecule has 2 aromatic heterocycles. The maximum Gasteiger partial charge on any atom is 0.259 e. The number of furan rings is 1. The first-order valence-corrected chi connectivity index (χ1v) is 9.28. The SMILES string of the molecule is Cc1nocc1C(=O)N1CCC2(CC1)C(=O)N(c1ccoc1)c1ccccc12. The number of piperidine rings is 1. The minimum absolute atomic E-state index is 0.0448. The van der Waals surface area contributed by atoms with Crippen LogP contribution in [0, 0.1) is 6.92 Å². The Hall–Kier alpha value is -3.35. The molecule has 1 spiro atoms. The van der Waals surface area contributed by atoms with Gasteiger partial charge in [0.15, 0.2) is 0 Å². The fourth-order valence-corrected chi connectivity index (χ4v) is 4.40. The largest absolute Gasteiger partial charge is 0.470 e. The van der Waals surface area contributed by atoms with Crippen molar-refractivity contribution >= 4 is 23.2 Å². The summed E-state index contributed by atoms with van der Waals surface area (Å²) in [6.07, 6.45) is 5.69. The number of amides is 2. The molecule has 4 heterocycles. The van der Waals surface area contributed by atoms with Crippen LogP contribution in [0.3, 0.4) is 0 Å². The molecule has 3 aromatic rings. The van der Waals surface area contributed by atoms with E-state index >= 15 is 0 Å². The number of fused-ring (bicyclic) bond motifs is 2. The number of nitrogens with zero attached hydrogens (tertiary/aromatic N) is 3. The van der Waals surface area contributed by atoms with Crippen LogP contribution >= 0.6 is 0 Å². The summed E-state index contributed by atoms with van der Waals surface area (Å²) in [6.45, 7) is 2.76. The summed E-state index contributed by atoms with van der Waals surface area (Å²) in [6, 6.07) is 9.68. The Morgan fingerprint density at radius 2 is 1.93 bits per heavy atom. The van der Waals surface area contributed by atoms with E-state index in [0.29, 0.717) is 37.2 Å². The van der Waals surface area contributed by atoms with E-state index in [1.54, 1.807) is 35.3 Å². The summed E-state index contributed by atoms with van der Waals surface area (Å²) in [5.41, 5.74) is 3.09. The third-order valence-electron chi connectivity index (χ3n) is 5.92. The number of benzene rings is 1. The third-order valence-corrected chi connectivity index (χ3v) is 5.92. The molecule has 0 unspecified atom stereocenters. The molecule has 0 aliphatic carbocycles. The third kappa shape index (κ3) is 2.25. The summed E-state index contributed by atoms with van der Waals surface area (Å²) in [4.78, 5) is 29.8. The molecular weight excluding hydrogens is 358 g/mol. The van der Waals surface area contributed by atoms with Crippen molar-refractivity contribution in [2.45, 2.75) is 25.2 Å². The van der Waals surface area contributed by atoms with Gasteiger partial charge in [0.25, 0.3) is 5.91 Å². The summed E-state index contributed by atoms with van der Waals surface area (Å²) in [5.74, 6) is -0.0534. The van der Waals surface area contributed by atoms with Crippen LogP contribution in [0.2, 0.25) is 0 Å². The van der Waals surface area contributed by atoms with Crippen LogP contribution in [0.4, 0.5) is 11.4 Å². The number of carbonyl (C=O) groups is 2. The average molecular weight is 377 g/mol. The highest BCUT2D eigenvalue weighted by Crippen LogP contribution is 2.50. The molecule has 142 valence electrons. The van der Waals surface area contributed by atoms with E-state index in [9.17, 15) is 9.59 Å². The molecule has 0 atom stereocenters. The van der Waals surface area contributed by atoms with Crippen LogP contribution in [0.25, 0.3) is 0 Å². The predicted octanol–water partition coefficient (Wildman–Crippen LogP) is 3.43. The number of aromatic nitrogens is 1. The molecule has 1 aromatic carbocycles. The van der Waals surface area contributed by atoms with Crippen LogP contribution in [0.5, 0.6) is 0 Å². The van der Waals surface area contributed by atoms with Gasteiger partial charge < -0.3 is 13.8 Å². The van der Waals surface area contributed by atoms with Gasteiger partial charge in [-0.05, 0) is 31.4 Å². The van der Waals surface area contributed by atoms with Crippen molar-refractivity contribution in [3.8, 4) is 0 Å². The number of hydrogen-bond acceptors (Lipinski definition) is 5. The maximum atomic E-state index is 13.6. The van der Waals surface area contributed by atoms with Gasteiger partial charge in [0.2, 0.25) is 5.91 Å². The lowest BCUT2D eigenvalue weighted by molar-refractivity contribution is -0.124. The molecule has 1 saturated heterocycles. The van der Waals surface area contributed by atoms with Gasteiger partial charge in [-0.1, -0.05) is 23.4 Å². The normalized spacial score (nSPS) is 18.0. The van der Waals surface area contributed by atoms with Crippen LogP contribution in [0.1, 0.15) is 34.5 Å². The Kier molecular flexibility index (Phi) is 3.65. The molecule has 7 heteroatoms. The van der Waals surface area contributed by atoms with Gasteiger partial charge in [-0.2, -0.15) is 0 Å². The first-order valence-electron chi connectivity index (χ1n) is 9.28. The van der Waals surface area contributed by atoms with Crippen molar-refractivity contribution in [3.05, 3.63) is 65.9 Å². The van der Waals surface area contributed by atoms with Crippen LogP contribution < -0.4 is 4.90 Å². The lowest BCUT2D eigenvalue weighted by Gasteiger charge is -2.38. The lowest BCUT2D eigenvalue weighted by atomic mass is 9.73. The van der Waals surface area contributed by atoms with Crippen molar-refractivity contribution in [2.75, 3.05) is 18.0 Å². The molecule has 2 aliphatic rings. The van der Waals surface area contributed by atoms with Gasteiger partial charge in [-0.15, -0.1) is 0 Å². The number of likely N-dealkylation sites (tertiary alicyclic amines) is 1. The summed E-state index contributed by atoms with van der Waals surface area (Å²) in [5, 5.41) is 3.79. The summed E-state index contributed by atoms with van der Waals surface area (Å²) < 4.78 is 10.1. The fraction of sp³-hybridized carbons (Fsp3) is 0.286. The van der Waals surface area contributed by atoms with Crippen LogP contribution in [0.15, 0.2) is 58.1 Å². The van der Waals surface area contributed by atoms with Gasteiger partial charge in [0.1, 0.15) is 18.1 Å². The monoisotopic (exact) mass is 377 g/mol. The van der Waals surface area contributed by atoms with Crippen LogP contribution in [-0.2, 0) is 10.2 Å². The van der Waals surface area contributed by atoms with Gasteiger partial charge in [-0.25, -0.2) is 0 Å². The zero-order valence-corrected chi connectivity index (χ0v) is 15.4. The summed E-state index contributed by atoms with van der Waals surface area (Å²) in [7, 11) is 0. The van der Waals surface area contributed by atoms with Gasteiger partial charge in [0.05, 0.1) is 28.7 Å². The van der Waals surface area contributed by atoms with Crippen molar-refractivity contribution in [1.29, 1.82) is 0 Å². The first-order chi connectivity index (χ1) is 13.6. The Labute approximate surface area is 161 Å². The topological polar surface area (TPSA) is 79.8 Å². The first kappa shape index (κ1) is 16.8. The van der Waals surface area contributed by atoms with E-state index in [2.05, 4.69) is 5.16 Å². The smallest absolute Gasteiger partial charge is 0.259 e. The van der Waals surface area contributed by atoms with E-state index in [1.807, 2.05) is 24.3 Å². The van der Waals surface area contributed by atoms with Crippen molar-refractivity contribution in [1.82, 2.24) is 10.1 Å². The number of anilines is 2. The van der Waals surface area contributed by atoms with Gasteiger partial charge >= 0.3 is 0 Å². The molecule has 5 rings (SSSR count). The second-order valence-corrected chi connectivity index (χ2v) is 7.33. The minimum atomic E-state index is -0.617. The molecule has 2 aliphatic heterocycles. The van der Waals surface area contributed by atoms with E-state index in [1.165, 1.54) is 6.26 Å². The number of rotatable bonds is 2. The zero-order chi connectivity index (χ0) is 19.3. The maximum absolute atomic E-state index is 13.6. The molecule has 1 fully saturated rings. The number of aryl methyl sites for hydroxylation is 1. The zero-order valence-electron chi connectivity index (χ0n) is 15.4. The Morgan fingerprint density at radius 1 is 1.14 bits per heavy atom. The number of para-hydroxylation sites is 1. The fourth-order valence-electron chi connectivity index (χ4n) is 4.40. The van der Waals surface area contributed by atoms with Crippen molar-refractivity contribution in [2.24, 2.45) is 0 Å². The Balaban J connectivity index is 1.46. The number of carbonyl (C=O) groups excluding carboxylic acids is 2. The second kappa shape index (κ2) is 6.09. The Bertz CT molecular complexity index is 1050. The van der Waals surface area contributed by atoms with Crippen molar-refractivity contribution in [3.63, 3.8) is 0 Å². The number of hydrogen-bond donors (Lipinski definition) is 0. The van der Waals surface area contributed by atoms with Crippen molar-refractivity contribution < 1.29 is 18.5 Å². The van der Waals surface area contributed by atoms with Crippen LogP contribution in [-0.4, -0.2) is 35.0 Å². The highest BCUT2D eigenvalue weighted by Gasteiger charge is 2.53. The molecule has 2 amide bonds. The molecule has 7 nitrogen and oxygen atoms in total. The molecule has 0 saturated carbocycles. The highest BCUT2D eigenvalue weighted by molar-refractivity contribution is 6.13. The van der Waals surface area contributed by atoms with E-state index in [-0.39, 0.29) is 11.8 Å². The molecule has 0 N–H and O–H groups in total. The molecule has 0 bridgehead atoms. The van der Waals surface area contributed by atoms with E-state index < -0.39 is 5.41 Å². The van der Waals surface area contributed by atoms with E-state index in [0.717, 1.165) is 16.9 Å². The van der Waals surface area contributed by atoms with Gasteiger partial charge in [0, 0.05) is 19.2 Å². The highest BCUT2D eigenvalue weighted by atomic mass is 16.5. The quantitative estimate of drug-likeness (QED) is 0.684. The molecule has 28 heavy (non-hydrogen) atoms. The van der Waals surface area contributed by atoms with Gasteiger partial charge in [-0.3, -0.25) is 14.5 Å². The average Bonchev–Trinajstić information content (AvgIpc) is 3.44. The Morgan fingerprint density at radius 3 is 2.61 bits per heavy atom. The minimum Gasteiger partial charge on any atom is -0.470 e. The second-order valence-electron chi connectivity index (χ2n) is 7.33. The summed E-state index contributed by atoms with van der Waals surface area (Å²) >= 11 is 0. The standard InChI is InChI=1S/C21H19N3O4/c1-14-16(13-28-22-14)19(25)23-9-7-21(8-10-23)17-4-2-3-5-18(17)24(20(21)26)15-6-11-27-12-15/h2-6,11-13H,7-10H2,1H3. The molecular formula is C21H19N3O4. The van der Waals surface area contributed by atoms with E-state index in [4.69, 9.17) is 8.94 Å². The predicted molar refractivity (Wildman–Crippen MR) is 100 cm³/mol.